The lowest BCUT2D eigenvalue weighted by Gasteiger charge is -2.21. The van der Waals surface area contributed by atoms with E-state index in [-0.39, 0.29) is 11.5 Å². The number of carbonyl (C=O) groups is 2. The first kappa shape index (κ1) is 15.5. The quantitative estimate of drug-likeness (QED) is 0.810. The minimum Gasteiger partial charge on any atom is -0.480 e. The molecule has 0 spiro atoms. The van der Waals surface area contributed by atoms with Crippen LogP contribution in [0.3, 0.4) is 0 Å². The van der Waals surface area contributed by atoms with Gasteiger partial charge in [-0.2, -0.15) is 0 Å². The minimum absolute atomic E-state index is 0.250. The van der Waals surface area contributed by atoms with Crippen LogP contribution in [0.5, 0.6) is 0 Å². The zero-order valence-corrected chi connectivity index (χ0v) is 12.5. The van der Waals surface area contributed by atoms with Crippen molar-refractivity contribution in [3.63, 3.8) is 0 Å². The van der Waals surface area contributed by atoms with E-state index in [2.05, 4.69) is 0 Å². The smallest absolute Gasteiger partial charge is 0.322 e. The summed E-state index contributed by atoms with van der Waals surface area (Å²) >= 11 is 0. The van der Waals surface area contributed by atoms with Gasteiger partial charge in [-0.1, -0.05) is 51.1 Å². The van der Waals surface area contributed by atoms with Gasteiger partial charge in [0.15, 0.2) is 0 Å². The fraction of sp³-hybridized carbons (Fsp3) is 0.500. The fourth-order valence-electron chi connectivity index (χ4n) is 2.98. The monoisotopic (exact) mass is 291 g/mol. The van der Waals surface area contributed by atoms with Crippen LogP contribution >= 0.6 is 0 Å². The number of carboxylic acid groups (broad SMARTS) is 2. The van der Waals surface area contributed by atoms with Gasteiger partial charge in [0.1, 0.15) is 12.1 Å². The van der Waals surface area contributed by atoms with Gasteiger partial charge in [-0.15, -0.1) is 0 Å². The van der Waals surface area contributed by atoms with Crippen molar-refractivity contribution in [1.82, 2.24) is 4.90 Å². The Hall–Kier alpha value is -1.88. The average molecular weight is 291 g/mol. The van der Waals surface area contributed by atoms with Crippen LogP contribution in [0.4, 0.5) is 0 Å². The summed E-state index contributed by atoms with van der Waals surface area (Å²) in [6.07, 6.45) is 0.312. The molecule has 1 aliphatic rings. The lowest BCUT2D eigenvalue weighted by atomic mass is 9.89. The molecule has 2 N–H and O–H groups in total. The summed E-state index contributed by atoms with van der Waals surface area (Å²) in [7, 11) is 0. The third-order valence-electron chi connectivity index (χ3n) is 3.91. The van der Waals surface area contributed by atoms with Crippen molar-refractivity contribution in [2.45, 2.75) is 45.3 Å². The summed E-state index contributed by atoms with van der Waals surface area (Å²) in [5.41, 5.74) is 0.626. The van der Waals surface area contributed by atoms with E-state index in [1.807, 2.05) is 51.1 Å². The van der Waals surface area contributed by atoms with Crippen molar-refractivity contribution < 1.29 is 19.8 Å². The molecule has 5 nitrogen and oxygen atoms in total. The molecule has 3 unspecified atom stereocenters. The Morgan fingerprint density at radius 2 is 1.76 bits per heavy atom. The molecule has 0 saturated carbocycles. The Morgan fingerprint density at radius 1 is 1.19 bits per heavy atom. The standard InChI is InChI=1S/C16H21NO4/c1-16(2,3)13-12(15(20)21)17(13)11(14(18)19)9-10-7-5-4-6-8-10/h4-8,11-13H,9H2,1-3H3,(H,18,19)(H,20,21)/t11-,12?,13?,17?/m0/s1. The summed E-state index contributed by atoms with van der Waals surface area (Å²) in [5.74, 6) is -1.92. The largest absolute Gasteiger partial charge is 0.480 e. The predicted molar refractivity (Wildman–Crippen MR) is 78.1 cm³/mol. The highest BCUT2D eigenvalue weighted by atomic mass is 16.4. The molecule has 2 rings (SSSR count). The number of aliphatic carboxylic acids is 2. The average Bonchev–Trinajstić information content (AvgIpc) is 3.12. The van der Waals surface area contributed by atoms with E-state index in [1.54, 1.807) is 4.90 Å². The number of carboxylic acids is 2. The first-order valence-corrected chi connectivity index (χ1v) is 7.00. The van der Waals surface area contributed by atoms with Gasteiger partial charge in [0.05, 0.1) is 0 Å². The predicted octanol–water partition coefficient (Wildman–Crippen LogP) is 1.87. The van der Waals surface area contributed by atoms with Crippen molar-refractivity contribution in [2.75, 3.05) is 0 Å². The number of rotatable bonds is 5. The topological polar surface area (TPSA) is 77.6 Å². The van der Waals surface area contributed by atoms with Gasteiger partial charge in [0, 0.05) is 6.04 Å². The maximum absolute atomic E-state index is 11.6. The summed E-state index contributed by atoms with van der Waals surface area (Å²) in [6, 6.07) is 7.53. The highest BCUT2D eigenvalue weighted by molar-refractivity contribution is 5.82. The van der Waals surface area contributed by atoms with Crippen molar-refractivity contribution in [3.8, 4) is 0 Å². The number of hydrogen-bond donors (Lipinski definition) is 2. The lowest BCUT2D eigenvalue weighted by Crippen LogP contribution is -2.35. The van der Waals surface area contributed by atoms with Gasteiger partial charge in [-0.25, -0.2) is 0 Å². The number of benzene rings is 1. The Morgan fingerprint density at radius 3 is 2.14 bits per heavy atom. The van der Waals surface area contributed by atoms with E-state index in [0.717, 1.165) is 5.56 Å². The first-order valence-electron chi connectivity index (χ1n) is 7.00. The third-order valence-corrected chi connectivity index (χ3v) is 3.91. The van der Waals surface area contributed by atoms with Crippen molar-refractivity contribution in [1.29, 1.82) is 0 Å². The first-order chi connectivity index (χ1) is 9.73. The molecule has 5 heteroatoms. The van der Waals surface area contributed by atoms with Crippen molar-refractivity contribution in [3.05, 3.63) is 35.9 Å². The molecular weight excluding hydrogens is 270 g/mol. The van der Waals surface area contributed by atoms with E-state index in [9.17, 15) is 19.8 Å². The minimum atomic E-state index is -0.975. The SMILES string of the molecule is CC(C)(C)C1C(C(=O)O)N1[C@@H](Cc1ccccc1)C(=O)O. The van der Waals surface area contributed by atoms with Crippen LogP contribution in [0, 0.1) is 5.41 Å². The zero-order valence-electron chi connectivity index (χ0n) is 12.5. The van der Waals surface area contributed by atoms with Crippen molar-refractivity contribution >= 4 is 11.9 Å². The van der Waals surface area contributed by atoms with E-state index < -0.39 is 24.0 Å². The molecule has 4 atom stereocenters. The molecule has 0 radical (unpaired) electrons. The molecule has 0 aliphatic carbocycles. The molecule has 114 valence electrons. The van der Waals surface area contributed by atoms with Gasteiger partial charge < -0.3 is 10.2 Å². The molecule has 0 bridgehead atoms. The maximum Gasteiger partial charge on any atom is 0.322 e. The van der Waals surface area contributed by atoms with Gasteiger partial charge in [-0.3, -0.25) is 14.5 Å². The highest BCUT2D eigenvalue weighted by Gasteiger charge is 2.61. The second-order valence-corrected chi connectivity index (χ2v) is 6.58. The van der Waals surface area contributed by atoms with Gasteiger partial charge in [0.25, 0.3) is 0 Å². The molecule has 1 saturated heterocycles. The van der Waals surface area contributed by atoms with Crippen LogP contribution in [-0.2, 0) is 16.0 Å². The summed E-state index contributed by atoms with van der Waals surface area (Å²) < 4.78 is 0. The zero-order chi connectivity index (χ0) is 15.8. The molecule has 1 aromatic carbocycles. The molecule has 1 heterocycles. The summed E-state index contributed by atoms with van der Waals surface area (Å²) in [4.78, 5) is 24.6. The van der Waals surface area contributed by atoms with E-state index >= 15 is 0 Å². The lowest BCUT2D eigenvalue weighted by molar-refractivity contribution is -0.142. The highest BCUT2D eigenvalue weighted by Crippen LogP contribution is 2.44. The molecular formula is C16H21NO4. The molecule has 1 aliphatic heterocycles. The van der Waals surface area contributed by atoms with E-state index in [1.165, 1.54) is 0 Å². The second kappa shape index (κ2) is 5.48. The van der Waals surface area contributed by atoms with Crippen LogP contribution in [0.25, 0.3) is 0 Å². The number of hydrogen-bond acceptors (Lipinski definition) is 3. The Labute approximate surface area is 124 Å². The second-order valence-electron chi connectivity index (χ2n) is 6.58. The Kier molecular flexibility index (Phi) is 4.05. The van der Waals surface area contributed by atoms with Crippen LogP contribution in [-0.4, -0.2) is 45.2 Å². The molecule has 0 aromatic heterocycles. The fourth-order valence-corrected chi connectivity index (χ4v) is 2.98. The Balaban J connectivity index is 2.23. The van der Waals surface area contributed by atoms with Crippen LogP contribution in [0.15, 0.2) is 30.3 Å². The molecule has 0 amide bonds. The van der Waals surface area contributed by atoms with Gasteiger partial charge in [0.2, 0.25) is 0 Å². The van der Waals surface area contributed by atoms with E-state index in [4.69, 9.17) is 0 Å². The normalized spacial score (nSPS) is 26.1. The van der Waals surface area contributed by atoms with Crippen LogP contribution in [0.1, 0.15) is 26.3 Å². The summed E-state index contributed by atoms with van der Waals surface area (Å²) in [5, 5.41) is 18.8. The van der Waals surface area contributed by atoms with Crippen LogP contribution < -0.4 is 0 Å². The third kappa shape index (κ3) is 3.24. The maximum atomic E-state index is 11.6. The summed E-state index contributed by atoms with van der Waals surface area (Å²) in [6.45, 7) is 5.82. The van der Waals surface area contributed by atoms with Crippen molar-refractivity contribution in [2.24, 2.45) is 5.41 Å². The molecule has 21 heavy (non-hydrogen) atoms. The van der Waals surface area contributed by atoms with Gasteiger partial charge >= 0.3 is 11.9 Å². The Bertz CT molecular complexity index is 535. The van der Waals surface area contributed by atoms with Gasteiger partial charge in [-0.05, 0) is 17.4 Å². The number of nitrogens with zero attached hydrogens (tertiary/aromatic N) is 1. The molecule has 1 aromatic rings. The molecule has 1 fully saturated rings. The van der Waals surface area contributed by atoms with Crippen LogP contribution in [0.2, 0.25) is 0 Å². The van der Waals surface area contributed by atoms with E-state index in [0.29, 0.717) is 6.42 Å².